The van der Waals surface area contributed by atoms with E-state index >= 15 is 0 Å². The maximum Gasteiger partial charge on any atom is 0.283 e. The third-order valence-electron chi connectivity index (χ3n) is 5.80. The highest BCUT2D eigenvalue weighted by molar-refractivity contribution is 7.19. The molecule has 5 aromatic rings. The number of carbonyl (C=O) groups is 2. The van der Waals surface area contributed by atoms with Crippen LogP contribution in [0.5, 0.6) is 0 Å². The maximum atomic E-state index is 13.5. The number of hydrogen-bond donors (Lipinski definition) is 0. The zero-order valence-corrected chi connectivity index (χ0v) is 19.5. The van der Waals surface area contributed by atoms with Crippen LogP contribution in [0.3, 0.4) is 0 Å². The molecule has 0 unspecified atom stereocenters. The molecule has 35 heavy (non-hydrogen) atoms. The van der Waals surface area contributed by atoms with E-state index in [0.29, 0.717) is 22.0 Å². The summed E-state index contributed by atoms with van der Waals surface area (Å²) in [5.41, 5.74) is 2.98. The second-order valence-corrected chi connectivity index (χ2v) is 9.01. The Kier molecular flexibility index (Phi) is 5.00. The zero-order valence-electron chi connectivity index (χ0n) is 18.7. The molecule has 1 saturated heterocycles. The minimum absolute atomic E-state index is 0.0556. The second kappa shape index (κ2) is 8.34. The second-order valence-electron chi connectivity index (χ2n) is 8.00. The lowest BCUT2D eigenvalue weighted by atomic mass is 10.2. The van der Waals surface area contributed by atoms with Gasteiger partial charge in [0.25, 0.3) is 11.8 Å². The van der Waals surface area contributed by atoms with Gasteiger partial charge in [0.1, 0.15) is 16.4 Å². The number of fused-ring (bicyclic) bond motifs is 1. The molecule has 8 heteroatoms. The minimum Gasteiger partial charge on any atom is -0.311 e. The fraction of sp³-hybridized carbons (Fsp3) is 0.0370. The number of para-hydroxylation sites is 2. The Hall–Kier alpha value is -4.56. The topological polar surface area (TPSA) is 71.3 Å². The molecule has 1 aliphatic rings. The monoisotopic (exact) mass is 477 g/mol. The summed E-state index contributed by atoms with van der Waals surface area (Å²) in [5.74, 6) is 0.0153. The Labute approximate surface area is 205 Å². The van der Waals surface area contributed by atoms with Crippen LogP contribution in [0.15, 0.2) is 96.6 Å². The number of amides is 2. The summed E-state index contributed by atoms with van der Waals surface area (Å²) < 4.78 is 1.92. The molecule has 0 spiro atoms. The van der Waals surface area contributed by atoms with Crippen LogP contribution in [-0.4, -0.2) is 26.3 Å². The number of anilines is 2. The predicted octanol–water partition coefficient (Wildman–Crippen LogP) is 5.08. The van der Waals surface area contributed by atoms with Crippen molar-refractivity contribution in [2.75, 3.05) is 10.0 Å². The Morgan fingerprint density at radius 2 is 1.23 bits per heavy atom. The van der Waals surface area contributed by atoms with Crippen molar-refractivity contribution in [1.29, 1.82) is 0 Å². The van der Waals surface area contributed by atoms with Crippen molar-refractivity contribution in [3.8, 4) is 11.4 Å². The average Bonchev–Trinajstić information content (AvgIpc) is 3.52. The third kappa shape index (κ3) is 3.51. The van der Waals surface area contributed by atoms with E-state index in [1.165, 1.54) is 21.4 Å². The first-order chi connectivity index (χ1) is 17.1. The standard InChI is InChI=1S/C27H19N5O2S/c1-30-23(18-11-5-2-6-12-18)29-25-24(30)28-22(35-25)17-21-26(33)31(19-13-7-3-8-14-19)32(27(21)34)20-15-9-4-10-16-20/h2-17H,1H3. The lowest BCUT2D eigenvalue weighted by Crippen LogP contribution is -2.41. The van der Waals surface area contributed by atoms with Gasteiger partial charge in [0.05, 0.1) is 11.4 Å². The van der Waals surface area contributed by atoms with Crippen LogP contribution < -0.4 is 10.0 Å². The number of imidazole rings is 1. The van der Waals surface area contributed by atoms with Gasteiger partial charge in [-0.1, -0.05) is 78.1 Å². The molecule has 1 fully saturated rings. The van der Waals surface area contributed by atoms with Crippen LogP contribution in [0.25, 0.3) is 27.9 Å². The number of thiazole rings is 1. The predicted molar refractivity (Wildman–Crippen MR) is 138 cm³/mol. The minimum atomic E-state index is -0.401. The SMILES string of the molecule is Cn1c(-c2ccccc2)nc2sc(C=C3C(=O)N(c4ccccc4)N(c4ccccc4)C3=O)nc21. The fourth-order valence-electron chi connectivity index (χ4n) is 4.14. The summed E-state index contributed by atoms with van der Waals surface area (Å²) in [6.45, 7) is 0. The van der Waals surface area contributed by atoms with Crippen molar-refractivity contribution in [2.45, 2.75) is 0 Å². The highest BCUT2D eigenvalue weighted by Gasteiger charge is 2.43. The highest BCUT2D eigenvalue weighted by atomic mass is 32.1. The van der Waals surface area contributed by atoms with Crippen LogP contribution >= 0.6 is 11.3 Å². The molecule has 2 amide bonds. The molecule has 3 heterocycles. The van der Waals surface area contributed by atoms with Crippen LogP contribution in [0, 0.1) is 0 Å². The van der Waals surface area contributed by atoms with E-state index in [9.17, 15) is 9.59 Å². The van der Waals surface area contributed by atoms with Gasteiger partial charge in [0, 0.05) is 12.6 Å². The summed E-state index contributed by atoms with van der Waals surface area (Å²) >= 11 is 1.35. The number of nitrogens with zero attached hydrogens (tertiary/aromatic N) is 5. The quantitative estimate of drug-likeness (QED) is 0.268. The molecular weight excluding hydrogens is 458 g/mol. The Bertz CT molecular complexity index is 1530. The van der Waals surface area contributed by atoms with Crippen LogP contribution in [0.2, 0.25) is 0 Å². The Morgan fingerprint density at radius 1 is 0.714 bits per heavy atom. The Balaban J connectivity index is 1.42. The number of carbonyl (C=O) groups excluding carboxylic acids is 2. The molecule has 0 saturated carbocycles. The van der Waals surface area contributed by atoms with Gasteiger partial charge in [0.2, 0.25) is 0 Å². The lowest BCUT2D eigenvalue weighted by molar-refractivity contribution is -0.116. The van der Waals surface area contributed by atoms with Crippen LogP contribution in [0.4, 0.5) is 11.4 Å². The summed E-state index contributed by atoms with van der Waals surface area (Å²) in [4.78, 5) is 37.2. The molecule has 0 aliphatic carbocycles. The van der Waals surface area contributed by atoms with E-state index in [1.54, 1.807) is 30.3 Å². The molecule has 0 N–H and O–H groups in total. The van der Waals surface area contributed by atoms with Crippen molar-refractivity contribution in [3.63, 3.8) is 0 Å². The van der Waals surface area contributed by atoms with Gasteiger partial charge >= 0.3 is 0 Å². The third-order valence-corrected chi connectivity index (χ3v) is 6.68. The molecule has 170 valence electrons. The molecule has 7 nitrogen and oxygen atoms in total. The fourth-order valence-corrected chi connectivity index (χ4v) is 5.05. The van der Waals surface area contributed by atoms with Crippen molar-refractivity contribution >= 4 is 51.1 Å². The smallest absolute Gasteiger partial charge is 0.283 e. The van der Waals surface area contributed by atoms with Crippen molar-refractivity contribution in [3.05, 3.63) is 102 Å². The van der Waals surface area contributed by atoms with E-state index < -0.39 is 11.8 Å². The van der Waals surface area contributed by atoms with Gasteiger partial charge in [-0.2, -0.15) is 0 Å². The van der Waals surface area contributed by atoms with E-state index in [0.717, 1.165) is 16.2 Å². The summed E-state index contributed by atoms with van der Waals surface area (Å²) in [6.07, 6.45) is 1.57. The Morgan fingerprint density at radius 3 is 1.74 bits per heavy atom. The lowest BCUT2D eigenvalue weighted by Gasteiger charge is -2.27. The van der Waals surface area contributed by atoms with Crippen LogP contribution in [0.1, 0.15) is 5.01 Å². The number of benzene rings is 3. The highest BCUT2D eigenvalue weighted by Crippen LogP contribution is 2.34. The zero-order chi connectivity index (χ0) is 23.9. The first-order valence-electron chi connectivity index (χ1n) is 11.0. The van der Waals surface area contributed by atoms with E-state index in [1.807, 2.05) is 78.3 Å². The summed E-state index contributed by atoms with van der Waals surface area (Å²) in [7, 11) is 1.91. The largest absolute Gasteiger partial charge is 0.311 e. The van der Waals surface area contributed by atoms with E-state index in [4.69, 9.17) is 4.98 Å². The molecule has 0 radical (unpaired) electrons. The molecule has 0 atom stereocenters. The molecule has 2 aromatic heterocycles. The number of aryl methyl sites for hydroxylation is 1. The van der Waals surface area contributed by atoms with E-state index in [-0.39, 0.29) is 5.57 Å². The average molecular weight is 478 g/mol. The van der Waals surface area contributed by atoms with Gasteiger partial charge in [-0.25, -0.2) is 20.0 Å². The molecule has 1 aliphatic heterocycles. The van der Waals surface area contributed by atoms with E-state index in [2.05, 4.69) is 4.98 Å². The maximum absolute atomic E-state index is 13.5. The number of hydrogen-bond acceptors (Lipinski definition) is 5. The van der Waals surface area contributed by atoms with Gasteiger partial charge < -0.3 is 4.57 Å². The normalized spacial score (nSPS) is 13.8. The summed E-state index contributed by atoms with van der Waals surface area (Å²) in [5, 5.41) is 3.36. The van der Waals surface area contributed by atoms with Crippen LogP contribution in [-0.2, 0) is 16.6 Å². The molecule has 3 aromatic carbocycles. The summed E-state index contributed by atoms with van der Waals surface area (Å²) in [6, 6.07) is 28.2. The molecule has 6 rings (SSSR count). The molecule has 0 bridgehead atoms. The van der Waals surface area contributed by atoms with Gasteiger partial charge in [-0.05, 0) is 30.3 Å². The number of aromatic nitrogens is 3. The van der Waals surface area contributed by atoms with Gasteiger partial charge in [0.15, 0.2) is 10.5 Å². The van der Waals surface area contributed by atoms with Crippen molar-refractivity contribution in [1.82, 2.24) is 14.5 Å². The van der Waals surface area contributed by atoms with Gasteiger partial charge in [-0.15, -0.1) is 0 Å². The van der Waals surface area contributed by atoms with Crippen molar-refractivity contribution < 1.29 is 9.59 Å². The number of hydrazine groups is 1. The molecular formula is C27H19N5O2S. The van der Waals surface area contributed by atoms with Gasteiger partial charge in [-0.3, -0.25) is 9.59 Å². The van der Waals surface area contributed by atoms with Crippen molar-refractivity contribution in [2.24, 2.45) is 7.05 Å². The first kappa shape index (κ1) is 21.0. The number of rotatable bonds is 4. The first-order valence-corrected chi connectivity index (χ1v) is 11.8.